The molecule has 0 aromatic carbocycles. The lowest BCUT2D eigenvalue weighted by atomic mass is 10.1. The van der Waals surface area contributed by atoms with Gasteiger partial charge in [0.15, 0.2) is 0 Å². The minimum Gasteiger partial charge on any atom is -0.341 e. The van der Waals surface area contributed by atoms with Crippen molar-refractivity contribution < 1.29 is 4.79 Å². The molecular weight excluding hydrogens is 220 g/mol. The van der Waals surface area contributed by atoms with Gasteiger partial charge in [-0.15, -0.1) is 11.3 Å². The fourth-order valence-corrected chi connectivity index (χ4v) is 2.34. The van der Waals surface area contributed by atoms with E-state index < -0.39 is 0 Å². The Morgan fingerprint density at radius 1 is 1.62 bits per heavy atom. The van der Waals surface area contributed by atoms with Gasteiger partial charge in [-0.25, -0.2) is 0 Å². The van der Waals surface area contributed by atoms with E-state index in [9.17, 15) is 4.79 Å². The molecule has 16 heavy (non-hydrogen) atoms. The zero-order valence-electron chi connectivity index (χ0n) is 10.1. The monoisotopic (exact) mass is 240 g/mol. The fraction of sp³-hybridized carbons (Fsp3) is 0.583. The normalized spacial score (nSPS) is 14.5. The molecule has 0 fully saturated rings. The van der Waals surface area contributed by atoms with Gasteiger partial charge in [-0.2, -0.15) is 0 Å². The van der Waals surface area contributed by atoms with Crippen molar-refractivity contribution >= 4 is 17.2 Å². The molecule has 0 bridgehead atoms. The van der Waals surface area contributed by atoms with Crippen molar-refractivity contribution in [3.05, 3.63) is 22.4 Å². The van der Waals surface area contributed by atoms with Crippen LogP contribution in [0.2, 0.25) is 0 Å². The van der Waals surface area contributed by atoms with Gasteiger partial charge in [-0.3, -0.25) is 4.79 Å². The Balaban J connectivity index is 2.53. The number of carbonyl (C=O) groups is 1. The Morgan fingerprint density at radius 2 is 2.31 bits per heavy atom. The summed E-state index contributed by atoms with van der Waals surface area (Å²) < 4.78 is 0. The number of thiophene rings is 1. The minimum atomic E-state index is -0.365. The van der Waals surface area contributed by atoms with Crippen LogP contribution in [0.5, 0.6) is 0 Å². The van der Waals surface area contributed by atoms with Crippen molar-refractivity contribution in [1.82, 2.24) is 4.90 Å². The van der Waals surface area contributed by atoms with Crippen LogP contribution in [0.1, 0.15) is 25.1 Å². The van der Waals surface area contributed by atoms with Crippen molar-refractivity contribution in [2.24, 2.45) is 5.73 Å². The number of rotatable bonds is 5. The highest BCUT2D eigenvalue weighted by Crippen LogP contribution is 2.14. The third-order valence-electron chi connectivity index (χ3n) is 2.84. The van der Waals surface area contributed by atoms with E-state index >= 15 is 0 Å². The average Bonchev–Trinajstić information content (AvgIpc) is 2.78. The molecule has 90 valence electrons. The molecule has 0 saturated heterocycles. The molecule has 0 spiro atoms. The van der Waals surface area contributed by atoms with E-state index in [-0.39, 0.29) is 18.0 Å². The summed E-state index contributed by atoms with van der Waals surface area (Å²) in [7, 11) is 1.83. The maximum absolute atomic E-state index is 11.8. The van der Waals surface area contributed by atoms with E-state index in [0.717, 1.165) is 6.42 Å². The van der Waals surface area contributed by atoms with Gasteiger partial charge in [0.1, 0.15) is 0 Å². The lowest BCUT2D eigenvalue weighted by molar-refractivity contribution is -0.133. The number of amides is 1. The van der Waals surface area contributed by atoms with Crippen LogP contribution >= 0.6 is 11.3 Å². The number of carbonyl (C=O) groups excluding carboxylic acids is 1. The van der Waals surface area contributed by atoms with Crippen LogP contribution in [-0.2, 0) is 11.2 Å². The molecule has 1 rings (SSSR count). The standard InChI is InChI=1S/C12H20N2OS/c1-4-11(13)12(15)14(3)9(2)8-10-6-5-7-16-10/h5-7,9,11H,4,8,13H2,1-3H3/t9?,11-/m1/s1. The second-order valence-electron chi connectivity index (χ2n) is 4.10. The number of likely N-dealkylation sites (N-methyl/N-ethyl adjacent to an activating group) is 1. The van der Waals surface area contributed by atoms with Gasteiger partial charge >= 0.3 is 0 Å². The van der Waals surface area contributed by atoms with E-state index in [0.29, 0.717) is 6.42 Å². The molecule has 4 heteroatoms. The van der Waals surface area contributed by atoms with Crippen molar-refractivity contribution in [3.63, 3.8) is 0 Å². The zero-order valence-corrected chi connectivity index (χ0v) is 11.0. The SMILES string of the molecule is CC[C@@H](N)C(=O)N(C)C(C)Cc1cccs1. The van der Waals surface area contributed by atoms with Gasteiger partial charge in [0.25, 0.3) is 0 Å². The Kier molecular flexibility index (Phi) is 4.96. The van der Waals surface area contributed by atoms with Crippen molar-refractivity contribution in [1.29, 1.82) is 0 Å². The predicted octanol–water partition coefficient (Wildman–Crippen LogP) is 1.87. The second-order valence-corrected chi connectivity index (χ2v) is 5.13. The highest BCUT2D eigenvalue weighted by atomic mass is 32.1. The Bertz CT molecular complexity index is 324. The van der Waals surface area contributed by atoms with Gasteiger partial charge in [0.05, 0.1) is 6.04 Å². The molecule has 2 atom stereocenters. The lowest BCUT2D eigenvalue weighted by Crippen LogP contribution is -2.45. The highest BCUT2D eigenvalue weighted by molar-refractivity contribution is 7.09. The molecule has 1 aromatic rings. The average molecular weight is 240 g/mol. The van der Waals surface area contributed by atoms with E-state index in [4.69, 9.17) is 5.73 Å². The van der Waals surface area contributed by atoms with Crippen LogP contribution in [-0.4, -0.2) is 29.9 Å². The molecule has 1 amide bonds. The van der Waals surface area contributed by atoms with Gasteiger partial charge in [-0.05, 0) is 24.8 Å². The second kappa shape index (κ2) is 6.01. The summed E-state index contributed by atoms with van der Waals surface area (Å²) in [5.74, 6) is 0.0338. The van der Waals surface area contributed by atoms with Crippen LogP contribution in [0, 0.1) is 0 Å². The van der Waals surface area contributed by atoms with Crippen molar-refractivity contribution in [2.45, 2.75) is 38.8 Å². The molecule has 0 saturated carbocycles. The van der Waals surface area contributed by atoms with Crippen LogP contribution in [0.15, 0.2) is 17.5 Å². The van der Waals surface area contributed by atoms with E-state index in [1.807, 2.05) is 20.0 Å². The van der Waals surface area contributed by atoms with Gasteiger partial charge in [0, 0.05) is 24.4 Å². The number of nitrogens with zero attached hydrogens (tertiary/aromatic N) is 1. The van der Waals surface area contributed by atoms with E-state index in [2.05, 4.69) is 18.4 Å². The van der Waals surface area contributed by atoms with Gasteiger partial charge in [-0.1, -0.05) is 13.0 Å². The smallest absolute Gasteiger partial charge is 0.239 e. The summed E-state index contributed by atoms with van der Waals surface area (Å²) in [5, 5.41) is 2.06. The minimum absolute atomic E-state index is 0.0338. The quantitative estimate of drug-likeness (QED) is 0.854. The summed E-state index contributed by atoms with van der Waals surface area (Å²) in [5.41, 5.74) is 5.74. The third-order valence-corrected chi connectivity index (χ3v) is 3.74. The molecule has 0 aliphatic heterocycles. The summed E-state index contributed by atoms with van der Waals surface area (Å²) in [6, 6.07) is 3.96. The van der Waals surface area contributed by atoms with E-state index in [1.54, 1.807) is 16.2 Å². The topological polar surface area (TPSA) is 46.3 Å². The zero-order chi connectivity index (χ0) is 12.1. The number of hydrogen-bond acceptors (Lipinski definition) is 3. The molecular formula is C12H20N2OS. The molecule has 2 N–H and O–H groups in total. The number of nitrogens with two attached hydrogens (primary N) is 1. The first-order valence-electron chi connectivity index (χ1n) is 5.60. The van der Waals surface area contributed by atoms with Crippen LogP contribution < -0.4 is 5.73 Å². The van der Waals surface area contributed by atoms with Crippen LogP contribution in [0.4, 0.5) is 0 Å². The maximum Gasteiger partial charge on any atom is 0.239 e. The summed E-state index contributed by atoms with van der Waals surface area (Å²) in [4.78, 5) is 14.9. The summed E-state index contributed by atoms with van der Waals surface area (Å²) in [6.45, 7) is 3.99. The first-order chi connectivity index (χ1) is 7.56. The van der Waals surface area contributed by atoms with Gasteiger partial charge < -0.3 is 10.6 Å². The van der Waals surface area contributed by atoms with Crippen molar-refractivity contribution in [3.8, 4) is 0 Å². The molecule has 1 aromatic heterocycles. The summed E-state index contributed by atoms with van der Waals surface area (Å²) >= 11 is 1.73. The molecule has 0 radical (unpaired) electrons. The Morgan fingerprint density at radius 3 is 2.81 bits per heavy atom. The lowest BCUT2D eigenvalue weighted by Gasteiger charge is -2.27. The Labute approximate surface area is 101 Å². The molecule has 1 unspecified atom stereocenters. The van der Waals surface area contributed by atoms with E-state index in [1.165, 1.54) is 4.88 Å². The fourth-order valence-electron chi connectivity index (χ4n) is 1.51. The number of hydrogen-bond donors (Lipinski definition) is 1. The molecule has 0 aliphatic rings. The highest BCUT2D eigenvalue weighted by Gasteiger charge is 2.20. The first kappa shape index (κ1) is 13.2. The largest absolute Gasteiger partial charge is 0.341 e. The molecule has 0 aliphatic carbocycles. The predicted molar refractivity (Wildman–Crippen MR) is 68.5 cm³/mol. The maximum atomic E-state index is 11.8. The van der Waals surface area contributed by atoms with Crippen molar-refractivity contribution in [2.75, 3.05) is 7.05 Å². The summed E-state index contributed by atoms with van der Waals surface area (Å²) in [6.07, 6.45) is 1.59. The third kappa shape index (κ3) is 3.32. The molecule has 3 nitrogen and oxygen atoms in total. The van der Waals surface area contributed by atoms with Crippen LogP contribution in [0.3, 0.4) is 0 Å². The van der Waals surface area contributed by atoms with Crippen LogP contribution in [0.25, 0.3) is 0 Å². The Hall–Kier alpha value is -0.870. The van der Waals surface area contributed by atoms with Gasteiger partial charge in [0.2, 0.25) is 5.91 Å². The first-order valence-corrected chi connectivity index (χ1v) is 6.48. The molecule has 1 heterocycles.